The highest BCUT2D eigenvalue weighted by Crippen LogP contribution is 2.38. The van der Waals surface area contributed by atoms with Crippen molar-refractivity contribution >= 4 is 11.8 Å². The maximum Gasteiger partial charge on any atom is 0.271 e. The van der Waals surface area contributed by atoms with E-state index >= 15 is 0 Å². The molecular formula is C23H26N6O2. The predicted molar refractivity (Wildman–Crippen MR) is 116 cm³/mol. The number of carbonyl (C=O) groups excluding carboxylic acids is 2. The van der Waals surface area contributed by atoms with E-state index in [2.05, 4.69) is 20.2 Å². The Morgan fingerprint density at radius 2 is 1.94 bits per heavy atom. The van der Waals surface area contributed by atoms with E-state index in [0.717, 1.165) is 29.5 Å². The molecule has 1 aliphatic rings. The highest BCUT2D eigenvalue weighted by atomic mass is 16.2. The Morgan fingerprint density at radius 3 is 2.65 bits per heavy atom. The Bertz CT molecular complexity index is 1050. The maximum absolute atomic E-state index is 13.5. The number of rotatable bonds is 5. The Labute approximate surface area is 181 Å². The van der Waals surface area contributed by atoms with Gasteiger partial charge in [0.15, 0.2) is 0 Å². The summed E-state index contributed by atoms with van der Waals surface area (Å²) in [5.41, 5.74) is 2.69. The Hall–Kier alpha value is -3.55. The predicted octanol–water partition coefficient (Wildman–Crippen LogP) is 2.42. The van der Waals surface area contributed by atoms with Gasteiger partial charge in [0.05, 0.1) is 5.41 Å². The van der Waals surface area contributed by atoms with E-state index in [0.29, 0.717) is 25.2 Å². The molecule has 1 atom stereocenters. The third-order valence-corrected chi connectivity index (χ3v) is 5.87. The molecule has 8 nitrogen and oxygen atoms in total. The smallest absolute Gasteiger partial charge is 0.271 e. The number of amides is 2. The number of benzene rings is 1. The molecule has 1 aliphatic heterocycles. The van der Waals surface area contributed by atoms with Crippen LogP contribution in [-0.2, 0) is 11.2 Å². The summed E-state index contributed by atoms with van der Waals surface area (Å²) in [6, 6.07) is 9.69. The van der Waals surface area contributed by atoms with Gasteiger partial charge in [-0.1, -0.05) is 24.3 Å². The molecule has 1 fully saturated rings. The molecule has 3 aromatic rings. The first kappa shape index (κ1) is 20.7. The minimum absolute atomic E-state index is 0.0359. The average molecular weight is 419 g/mol. The van der Waals surface area contributed by atoms with Gasteiger partial charge in [0.2, 0.25) is 5.91 Å². The summed E-state index contributed by atoms with van der Waals surface area (Å²) in [5.74, 6) is -0.0911. The second kappa shape index (κ2) is 8.67. The second-order valence-electron chi connectivity index (χ2n) is 8.24. The second-order valence-corrected chi connectivity index (χ2v) is 8.24. The first-order chi connectivity index (χ1) is 15.0. The number of nitrogens with one attached hydrogen (secondary N) is 1. The molecule has 1 aromatic carbocycles. The number of carbonyl (C=O) groups is 2. The molecule has 0 radical (unpaired) electrons. The number of hydrogen-bond donors (Lipinski definition) is 1. The fraction of sp³-hybridized carbons (Fsp3) is 0.348. The molecule has 1 N–H and O–H groups in total. The van der Waals surface area contributed by atoms with Crippen molar-refractivity contribution in [3.05, 3.63) is 66.5 Å². The van der Waals surface area contributed by atoms with Crippen LogP contribution in [0.25, 0.3) is 11.1 Å². The minimum atomic E-state index is -0.705. The molecule has 0 aliphatic carbocycles. The summed E-state index contributed by atoms with van der Waals surface area (Å²) in [6.45, 7) is 0.982. The number of H-pyrrole nitrogens is 1. The van der Waals surface area contributed by atoms with Gasteiger partial charge in [0.25, 0.3) is 5.91 Å². The normalized spacial score (nSPS) is 18.6. The van der Waals surface area contributed by atoms with E-state index in [1.807, 2.05) is 24.3 Å². The fourth-order valence-corrected chi connectivity index (χ4v) is 4.48. The summed E-state index contributed by atoms with van der Waals surface area (Å²) < 4.78 is 0. The maximum atomic E-state index is 13.5. The van der Waals surface area contributed by atoms with E-state index < -0.39 is 5.41 Å². The first-order valence-electron chi connectivity index (χ1n) is 10.3. The van der Waals surface area contributed by atoms with Gasteiger partial charge in [0, 0.05) is 51.3 Å². The largest absolute Gasteiger partial charge is 0.348 e. The van der Waals surface area contributed by atoms with Gasteiger partial charge in [0.1, 0.15) is 12.0 Å². The summed E-state index contributed by atoms with van der Waals surface area (Å²) in [4.78, 5) is 38.2. The molecule has 0 saturated carbocycles. The van der Waals surface area contributed by atoms with Gasteiger partial charge >= 0.3 is 0 Å². The lowest BCUT2D eigenvalue weighted by molar-refractivity contribution is -0.142. The van der Waals surface area contributed by atoms with E-state index in [4.69, 9.17) is 0 Å². The van der Waals surface area contributed by atoms with Crippen molar-refractivity contribution in [2.24, 2.45) is 5.41 Å². The SMILES string of the molecule is CN(C)C(=O)C1(Cc2ccccc2-c2cncnc2)CCCN(C(=O)c2ccn[nH]2)C1. The number of nitrogens with zero attached hydrogens (tertiary/aromatic N) is 5. The molecule has 160 valence electrons. The molecular weight excluding hydrogens is 392 g/mol. The average Bonchev–Trinajstić information content (AvgIpc) is 3.34. The molecule has 8 heteroatoms. The van der Waals surface area contributed by atoms with Crippen LogP contribution in [0.1, 0.15) is 28.9 Å². The molecule has 3 heterocycles. The number of likely N-dealkylation sites (tertiary alicyclic amines) is 1. The van der Waals surface area contributed by atoms with Gasteiger partial charge < -0.3 is 9.80 Å². The summed E-state index contributed by atoms with van der Waals surface area (Å²) in [5, 5.41) is 6.63. The molecule has 2 aromatic heterocycles. The van der Waals surface area contributed by atoms with Crippen LogP contribution in [0.5, 0.6) is 0 Å². The quantitative estimate of drug-likeness (QED) is 0.687. The fourth-order valence-electron chi connectivity index (χ4n) is 4.48. The molecule has 31 heavy (non-hydrogen) atoms. The zero-order chi connectivity index (χ0) is 21.8. The molecule has 0 spiro atoms. The lowest BCUT2D eigenvalue weighted by atomic mass is 9.73. The van der Waals surface area contributed by atoms with Crippen molar-refractivity contribution < 1.29 is 9.59 Å². The van der Waals surface area contributed by atoms with E-state index in [1.165, 1.54) is 6.33 Å². The van der Waals surface area contributed by atoms with Gasteiger partial charge in [-0.05, 0) is 36.5 Å². The molecule has 2 amide bonds. The summed E-state index contributed by atoms with van der Waals surface area (Å²) in [6.07, 6.45) is 8.63. The number of aromatic amines is 1. The van der Waals surface area contributed by atoms with Crippen molar-refractivity contribution in [1.29, 1.82) is 0 Å². The van der Waals surface area contributed by atoms with Gasteiger partial charge in [-0.2, -0.15) is 5.10 Å². The molecule has 1 saturated heterocycles. The molecule has 1 unspecified atom stereocenters. The van der Waals surface area contributed by atoms with Crippen LogP contribution in [0, 0.1) is 5.41 Å². The van der Waals surface area contributed by atoms with E-state index in [-0.39, 0.29) is 11.8 Å². The van der Waals surface area contributed by atoms with Crippen molar-refractivity contribution in [1.82, 2.24) is 30.0 Å². The van der Waals surface area contributed by atoms with Gasteiger partial charge in [-0.3, -0.25) is 14.7 Å². The van der Waals surface area contributed by atoms with Crippen molar-refractivity contribution in [3.63, 3.8) is 0 Å². The topological polar surface area (TPSA) is 95.1 Å². The van der Waals surface area contributed by atoms with Crippen molar-refractivity contribution in [2.45, 2.75) is 19.3 Å². The Kier molecular flexibility index (Phi) is 5.79. The minimum Gasteiger partial charge on any atom is -0.348 e. The van der Waals surface area contributed by atoms with Crippen LogP contribution in [0.2, 0.25) is 0 Å². The summed E-state index contributed by atoms with van der Waals surface area (Å²) in [7, 11) is 3.55. The monoisotopic (exact) mass is 418 g/mol. The van der Waals surface area contributed by atoms with Crippen LogP contribution < -0.4 is 0 Å². The zero-order valence-corrected chi connectivity index (χ0v) is 17.8. The van der Waals surface area contributed by atoms with Crippen molar-refractivity contribution in [3.8, 4) is 11.1 Å². The number of hydrogen-bond acceptors (Lipinski definition) is 5. The third kappa shape index (κ3) is 4.19. The van der Waals surface area contributed by atoms with Crippen molar-refractivity contribution in [2.75, 3.05) is 27.2 Å². The van der Waals surface area contributed by atoms with Crippen LogP contribution in [-0.4, -0.2) is 69.0 Å². The Balaban J connectivity index is 1.70. The zero-order valence-electron chi connectivity index (χ0n) is 17.8. The summed E-state index contributed by atoms with van der Waals surface area (Å²) >= 11 is 0. The number of aromatic nitrogens is 4. The van der Waals surface area contributed by atoms with Crippen LogP contribution >= 0.6 is 0 Å². The lowest BCUT2D eigenvalue weighted by Gasteiger charge is -2.43. The highest BCUT2D eigenvalue weighted by molar-refractivity contribution is 5.93. The number of piperidine rings is 1. The molecule has 4 rings (SSSR count). The first-order valence-corrected chi connectivity index (χ1v) is 10.3. The highest BCUT2D eigenvalue weighted by Gasteiger charge is 2.45. The van der Waals surface area contributed by atoms with Crippen LogP contribution in [0.3, 0.4) is 0 Å². The van der Waals surface area contributed by atoms with Crippen LogP contribution in [0.4, 0.5) is 0 Å². The van der Waals surface area contributed by atoms with E-state index in [9.17, 15) is 9.59 Å². The van der Waals surface area contributed by atoms with Gasteiger partial charge in [-0.15, -0.1) is 0 Å². The van der Waals surface area contributed by atoms with Gasteiger partial charge in [-0.25, -0.2) is 9.97 Å². The Morgan fingerprint density at radius 1 is 1.16 bits per heavy atom. The third-order valence-electron chi connectivity index (χ3n) is 5.87. The van der Waals surface area contributed by atoms with Crippen LogP contribution in [0.15, 0.2) is 55.2 Å². The standard InChI is InChI=1S/C23H26N6O2/c1-28(2)22(31)23(9-5-11-29(15-23)21(30)20-8-10-26-27-20)12-17-6-3-4-7-19(17)18-13-24-16-25-14-18/h3-4,6-8,10,13-14,16H,5,9,11-12,15H2,1-2H3,(H,26,27). The lowest BCUT2D eigenvalue weighted by Crippen LogP contribution is -2.54. The van der Waals surface area contributed by atoms with E-state index in [1.54, 1.807) is 48.6 Å². The molecule has 0 bridgehead atoms.